The molecule has 110 valence electrons. The van der Waals surface area contributed by atoms with Gasteiger partial charge in [0.2, 0.25) is 0 Å². The number of anilines is 1. The number of carbonyl (C=O) groups is 1. The predicted octanol–water partition coefficient (Wildman–Crippen LogP) is -0.398. The molecular formula is C14H18ClIN2O2. The van der Waals surface area contributed by atoms with Crippen molar-refractivity contribution in [1.82, 2.24) is 0 Å². The molecule has 1 amide bonds. The molecule has 0 saturated heterocycles. The number of nitrogens with zero attached hydrogens (tertiary/aromatic N) is 1. The van der Waals surface area contributed by atoms with Crippen LogP contribution in [0, 0.1) is 11.8 Å². The van der Waals surface area contributed by atoms with Gasteiger partial charge in [0.05, 0.1) is 21.1 Å². The van der Waals surface area contributed by atoms with Crippen molar-refractivity contribution in [2.75, 3.05) is 39.6 Å². The second-order valence-corrected chi connectivity index (χ2v) is 5.45. The van der Waals surface area contributed by atoms with Crippen molar-refractivity contribution in [2.45, 2.75) is 0 Å². The minimum atomic E-state index is -0.540. The van der Waals surface area contributed by atoms with Crippen molar-refractivity contribution in [1.29, 1.82) is 0 Å². The Morgan fingerprint density at radius 1 is 1.35 bits per heavy atom. The molecule has 6 heteroatoms. The van der Waals surface area contributed by atoms with Gasteiger partial charge in [0, 0.05) is 10.7 Å². The molecule has 0 aromatic heterocycles. The van der Waals surface area contributed by atoms with Gasteiger partial charge >= 0.3 is 6.09 Å². The summed E-state index contributed by atoms with van der Waals surface area (Å²) >= 11 is 5.80. The van der Waals surface area contributed by atoms with Gasteiger partial charge in [-0.3, -0.25) is 5.32 Å². The topological polar surface area (TPSA) is 38.3 Å². The highest BCUT2D eigenvalue weighted by molar-refractivity contribution is 6.30. The van der Waals surface area contributed by atoms with E-state index in [2.05, 4.69) is 17.2 Å². The highest BCUT2D eigenvalue weighted by atomic mass is 127. The number of nitrogens with one attached hydrogen (secondary N) is 1. The standard InChI is InChI=1S/C14H17ClN2O2.HI/c1-17(2,3)9-4-5-10-19-14(18)16-13-8-6-7-12(15)11-13;/h6-8,11H,9-10H2,1-3H3;1H. The first-order valence-electron chi connectivity index (χ1n) is 5.82. The van der Waals surface area contributed by atoms with Crippen LogP contribution in [0.15, 0.2) is 24.3 Å². The SMILES string of the molecule is C[N+](C)(C)CC#CCOC(=O)Nc1cccc(Cl)c1.[I-]. The van der Waals surface area contributed by atoms with Crippen molar-refractivity contribution in [2.24, 2.45) is 0 Å². The van der Waals surface area contributed by atoms with Gasteiger partial charge in [-0.2, -0.15) is 0 Å². The third-order valence-corrected chi connectivity index (χ3v) is 2.26. The van der Waals surface area contributed by atoms with Crippen LogP contribution in [0.3, 0.4) is 0 Å². The van der Waals surface area contributed by atoms with Gasteiger partial charge in [-0.15, -0.1) is 0 Å². The van der Waals surface area contributed by atoms with E-state index in [0.717, 1.165) is 4.48 Å². The van der Waals surface area contributed by atoms with E-state index in [4.69, 9.17) is 16.3 Å². The van der Waals surface area contributed by atoms with Crippen molar-refractivity contribution >= 4 is 23.4 Å². The van der Waals surface area contributed by atoms with Gasteiger partial charge in [-0.1, -0.05) is 23.6 Å². The van der Waals surface area contributed by atoms with Crippen LogP contribution >= 0.6 is 11.6 Å². The third-order valence-electron chi connectivity index (χ3n) is 2.02. The molecule has 1 rings (SSSR count). The maximum atomic E-state index is 11.4. The molecule has 0 heterocycles. The largest absolute Gasteiger partial charge is 1.00 e. The Kier molecular flexibility index (Phi) is 8.62. The van der Waals surface area contributed by atoms with Crippen molar-refractivity contribution in [3.05, 3.63) is 29.3 Å². The summed E-state index contributed by atoms with van der Waals surface area (Å²) in [7, 11) is 6.13. The van der Waals surface area contributed by atoms with Gasteiger partial charge < -0.3 is 33.2 Å². The molecule has 1 N–H and O–H groups in total. The van der Waals surface area contributed by atoms with Crippen LogP contribution in [0.25, 0.3) is 0 Å². The normalized spacial score (nSPS) is 9.80. The van der Waals surface area contributed by atoms with Gasteiger partial charge in [-0.05, 0) is 24.1 Å². The minimum Gasteiger partial charge on any atom is -1.00 e. The zero-order valence-corrected chi connectivity index (χ0v) is 14.7. The second kappa shape index (κ2) is 9.06. The molecule has 1 aromatic rings. The summed E-state index contributed by atoms with van der Waals surface area (Å²) in [6, 6.07) is 6.86. The Hall–Kier alpha value is -0.970. The van der Waals surface area contributed by atoms with Gasteiger partial charge in [0.25, 0.3) is 0 Å². The fourth-order valence-electron chi connectivity index (χ4n) is 1.17. The van der Waals surface area contributed by atoms with Crippen molar-refractivity contribution < 1.29 is 38.0 Å². The van der Waals surface area contributed by atoms with Gasteiger partial charge in [0.15, 0.2) is 6.61 Å². The van der Waals surface area contributed by atoms with Crippen LogP contribution in [-0.2, 0) is 4.74 Å². The lowest BCUT2D eigenvalue weighted by Crippen LogP contribution is -3.00. The number of ether oxygens (including phenoxy) is 1. The van der Waals surface area contributed by atoms with Crippen molar-refractivity contribution in [3.63, 3.8) is 0 Å². The quantitative estimate of drug-likeness (QED) is 0.420. The summed E-state index contributed by atoms with van der Waals surface area (Å²) in [5.74, 6) is 5.75. The first-order chi connectivity index (χ1) is 8.87. The number of rotatable bonds is 3. The minimum absolute atomic E-state index is 0. The van der Waals surface area contributed by atoms with E-state index in [9.17, 15) is 4.79 Å². The first kappa shape index (κ1) is 19.0. The van der Waals surface area contributed by atoms with E-state index >= 15 is 0 Å². The smallest absolute Gasteiger partial charge is 0.412 e. The summed E-state index contributed by atoms with van der Waals surface area (Å²) in [5, 5.41) is 3.13. The number of hydrogen-bond donors (Lipinski definition) is 1. The molecule has 0 aliphatic heterocycles. The lowest BCUT2D eigenvalue weighted by atomic mass is 10.3. The maximum Gasteiger partial charge on any atom is 0.412 e. The molecule has 0 radical (unpaired) electrons. The predicted molar refractivity (Wildman–Crippen MR) is 77.1 cm³/mol. The van der Waals surface area contributed by atoms with Gasteiger partial charge in [-0.25, -0.2) is 4.79 Å². The summed E-state index contributed by atoms with van der Waals surface area (Å²) in [6.07, 6.45) is -0.540. The molecule has 4 nitrogen and oxygen atoms in total. The highest BCUT2D eigenvalue weighted by Gasteiger charge is 2.03. The average Bonchev–Trinajstić information content (AvgIpc) is 2.26. The Bertz CT molecular complexity index is 504. The van der Waals surface area contributed by atoms with Crippen LogP contribution in [0.2, 0.25) is 5.02 Å². The molecule has 0 atom stereocenters. The molecule has 20 heavy (non-hydrogen) atoms. The Morgan fingerprint density at radius 3 is 2.65 bits per heavy atom. The summed E-state index contributed by atoms with van der Waals surface area (Å²) in [5.41, 5.74) is 0.594. The fraction of sp³-hybridized carbons (Fsp3) is 0.357. The Labute approximate surface area is 142 Å². The monoisotopic (exact) mass is 408 g/mol. The van der Waals surface area contributed by atoms with E-state index < -0.39 is 6.09 Å². The summed E-state index contributed by atoms with van der Waals surface area (Å²) in [4.78, 5) is 11.4. The fourth-order valence-corrected chi connectivity index (χ4v) is 1.36. The number of quaternary nitrogens is 1. The van der Waals surface area contributed by atoms with Crippen molar-refractivity contribution in [3.8, 4) is 11.8 Å². The Morgan fingerprint density at radius 2 is 2.05 bits per heavy atom. The van der Waals surface area contributed by atoms with Crippen LogP contribution in [0.1, 0.15) is 0 Å². The highest BCUT2D eigenvalue weighted by Crippen LogP contribution is 2.14. The summed E-state index contributed by atoms with van der Waals surface area (Å²) < 4.78 is 5.68. The van der Waals surface area contributed by atoms with E-state index in [1.807, 2.05) is 21.1 Å². The summed E-state index contributed by atoms with van der Waals surface area (Å²) in [6.45, 7) is 0.783. The number of halogens is 2. The third kappa shape index (κ3) is 9.02. The molecular weight excluding hydrogens is 391 g/mol. The number of hydrogen-bond acceptors (Lipinski definition) is 2. The lowest BCUT2D eigenvalue weighted by molar-refractivity contribution is -0.862. The van der Waals surface area contributed by atoms with E-state index in [1.54, 1.807) is 24.3 Å². The number of amides is 1. The molecule has 0 fully saturated rings. The van der Waals surface area contributed by atoms with Crippen LogP contribution in [-0.4, -0.2) is 44.9 Å². The van der Waals surface area contributed by atoms with E-state index in [0.29, 0.717) is 17.3 Å². The van der Waals surface area contributed by atoms with Crippen LogP contribution < -0.4 is 29.3 Å². The molecule has 0 aliphatic carbocycles. The number of carbonyl (C=O) groups excluding carboxylic acids is 1. The van der Waals surface area contributed by atoms with Gasteiger partial charge in [0.1, 0.15) is 6.54 Å². The molecule has 0 unspecified atom stereocenters. The second-order valence-electron chi connectivity index (χ2n) is 5.01. The molecule has 0 saturated carbocycles. The van der Waals surface area contributed by atoms with Crippen LogP contribution in [0.5, 0.6) is 0 Å². The van der Waals surface area contributed by atoms with E-state index in [1.165, 1.54) is 0 Å². The lowest BCUT2D eigenvalue weighted by Gasteiger charge is -2.19. The maximum absolute atomic E-state index is 11.4. The average molecular weight is 409 g/mol. The molecule has 0 aliphatic rings. The Balaban J connectivity index is 0.00000361. The van der Waals surface area contributed by atoms with Crippen LogP contribution in [0.4, 0.5) is 10.5 Å². The molecule has 1 aromatic carbocycles. The molecule has 0 bridgehead atoms. The first-order valence-corrected chi connectivity index (χ1v) is 6.20. The zero-order chi connectivity index (χ0) is 14.3. The molecule has 0 spiro atoms. The number of benzene rings is 1. The zero-order valence-electron chi connectivity index (χ0n) is 11.7. The van der Waals surface area contributed by atoms with E-state index in [-0.39, 0.29) is 30.6 Å².